The number of rotatable bonds is 8. The minimum absolute atomic E-state index is 0.816. The van der Waals surface area contributed by atoms with Crippen LogP contribution in [-0.2, 0) is 0 Å². The van der Waals surface area contributed by atoms with Gasteiger partial charge in [-0.15, -0.1) is 0 Å². The molecule has 0 amide bonds. The topological polar surface area (TPSA) is 21.3 Å². The summed E-state index contributed by atoms with van der Waals surface area (Å²) in [6, 6.07) is 6.29. The Morgan fingerprint density at radius 1 is 1.06 bits per heavy atom. The molecule has 1 aromatic carbocycles. The molecule has 96 valence electrons. The third kappa shape index (κ3) is 5.73. The average Bonchev–Trinajstić information content (AvgIpc) is 2.32. The van der Waals surface area contributed by atoms with Crippen LogP contribution in [0.25, 0.3) is 0 Å². The van der Waals surface area contributed by atoms with Crippen LogP contribution in [0.5, 0.6) is 5.75 Å². The molecular formula is C15H25NO. The summed E-state index contributed by atoms with van der Waals surface area (Å²) in [5.74, 6) is 0.995. The molecule has 0 aliphatic carbocycles. The van der Waals surface area contributed by atoms with Gasteiger partial charge in [0.1, 0.15) is 5.75 Å². The highest BCUT2D eigenvalue weighted by Crippen LogP contribution is 2.16. The zero-order valence-electron chi connectivity index (χ0n) is 11.4. The van der Waals surface area contributed by atoms with Gasteiger partial charge in [0.05, 0.1) is 6.61 Å². The third-order valence-electron chi connectivity index (χ3n) is 2.92. The monoisotopic (exact) mass is 235 g/mol. The lowest BCUT2D eigenvalue weighted by molar-refractivity contribution is 0.305. The van der Waals surface area contributed by atoms with Crippen LogP contribution < -0.4 is 10.1 Å². The molecule has 0 spiro atoms. The van der Waals surface area contributed by atoms with E-state index in [0.29, 0.717) is 0 Å². The van der Waals surface area contributed by atoms with E-state index in [1.54, 1.807) is 0 Å². The molecule has 17 heavy (non-hydrogen) atoms. The first-order chi connectivity index (χ1) is 8.24. The van der Waals surface area contributed by atoms with Gasteiger partial charge in [-0.2, -0.15) is 0 Å². The summed E-state index contributed by atoms with van der Waals surface area (Å²) in [6.07, 6.45) is 3.51. The van der Waals surface area contributed by atoms with Crippen molar-refractivity contribution in [2.45, 2.75) is 40.0 Å². The summed E-state index contributed by atoms with van der Waals surface area (Å²) in [4.78, 5) is 0. The van der Waals surface area contributed by atoms with E-state index in [4.69, 9.17) is 4.74 Å². The van der Waals surface area contributed by atoms with Crippen LogP contribution in [0.3, 0.4) is 0 Å². The number of hydrogen-bond donors (Lipinski definition) is 1. The maximum Gasteiger partial charge on any atom is 0.119 e. The molecule has 0 bridgehead atoms. The smallest absolute Gasteiger partial charge is 0.119 e. The first-order valence-corrected chi connectivity index (χ1v) is 6.65. The van der Waals surface area contributed by atoms with Crippen molar-refractivity contribution in [1.29, 1.82) is 0 Å². The highest BCUT2D eigenvalue weighted by atomic mass is 16.5. The van der Waals surface area contributed by atoms with Crippen LogP contribution in [0.2, 0.25) is 0 Å². The van der Waals surface area contributed by atoms with E-state index in [1.807, 2.05) is 0 Å². The SMILES string of the molecule is CCCNCCCCOc1ccc(C)c(C)c1. The second-order valence-corrected chi connectivity index (χ2v) is 4.55. The Labute approximate surface area is 105 Å². The minimum atomic E-state index is 0.816. The van der Waals surface area contributed by atoms with Gasteiger partial charge in [-0.3, -0.25) is 0 Å². The molecular weight excluding hydrogens is 210 g/mol. The van der Waals surface area contributed by atoms with E-state index in [9.17, 15) is 0 Å². The minimum Gasteiger partial charge on any atom is -0.494 e. The number of unbranched alkanes of at least 4 members (excludes halogenated alkanes) is 1. The average molecular weight is 235 g/mol. The van der Waals surface area contributed by atoms with Gasteiger partial charge >= 0.3 is 0 Å². The third-order valence-corrected chi connectivity index (χ3v) is 2.92. The molecule has 2 nitrogen and oxygen atoms in total. The highest BCUT2D eigenvalue weighted by molar-refractivity contribution is 5.33. The zero-order valence-corrected chi connectivity index (χ0v) is 11.4. The normalized spacial score (nSPS) is 10.5. The molecule has 0 saturated heterocycles. The fourth-order valence-corrected chi connectivity index (χ4v) is 1.65. The zero-order chi connectivity index (χ0) is 12.5. The van der Waals surface area contributed by atoms with Crippen LogP contribution >= 0.6 is 0 Å². The summed E-state index contributed by atoms with van der Waals surface area (Å²) in [6.45, 7) is 9.48. The maximum absolute atomic E-state index is 5.72. The van der Waals surface area contributed by atoms with Crippen LogP contribution in [0.4, 0.5) is 0 Å². The second kappa shape index (κ2) is 8.13. The van der Waals surface area contributed by atoms with Crippen molar-refractivity contribution < 1.29 is 4.74 Å². The van der Waals surface area contributed by atoms with Crippen LogP contribution in [0.15, 0.2) is 18.2 Å². The van der Waals surface area contributed by atoms with E-state index >= 15 is 0 Å². The molecule has 2 heteroatoms. The van der Waals surface area contributed by atoms with Crippen molar-refractivity contribution in [2.24, 2.45) is 0 Å². The molecule has 1 N–H and O–H groups in total. The summed E-state index contributed by atoms with van der Waals surface area (Å²) in [5, 5.41) is 3.39. The molecule has 0 aliphatic rings. The van der Waals surface area contributed by atoms with Gasteiger partial charge in [0.25, 0.3) is 0 Å². The van der Waals surface area contributed by atoms with Gasteiger partial charge in [0.15, 0.2) is 0 Å². The Hall–Kier alpha value is -1.02. The Kier molecular flexibility index (Phi) is 6.71. The summed E-state index contributed by atoms with van der Waals surface area (Å²) < 4.78 is 5.72. The predicted molar refractivity (Wildman–Crippen MR) is 73.8 cm³/mol. The van der Waals surface area contributed by atoms with E-state index in [-0.39, 0.29) is 0 Å². The lowest BCUT2D eigenvalue weighted by Gasteiger charge is -2.08. The number of hydrogen-bond acceptors (Lipinski definition) is 2. The maximum atomic E-state index is 5.72. The second-order valence-electron chi connectivity index (χ2n) is 4.55. The summed E-state index contributed by atoms with van der Waals surface area (Å²) in [5.41, 5.74) is 2.62. The largest absolute Gasteiger partial charge is 0.494 e. The molecule has 0 saturated carbocycles. The van der Waals surface area contributed by atoms with Gasteiger partial charge in [0, 0.05) is 0 Å². The Balaban J connectivity index is 2.11. The molecule has 0 aliphatic heterocycles. The van der Waals surface area contributed by atoms with Gasteiger partial charge in [-0.05, 0) is 69.5 Å². The van der Waals surface area contributed by atoms with Crippen molar-refractivity contribution in [2.75, 3.05) is 19.7 Å². The quantitative estimate of drug-likeness (QED) is 0.697. The van der Waals surface area contributed by atoms with Crippen molar-refractivity contribution >= 4 is 0 Å². The van der Waals surface area contributed by atoms with Crippen LogP contribution in [0.1, 0.15) is 37.3 Å². The Morgan fingerprint density at radius 2 is 1.88 bits per heavy atom. The molecule has 0 atom stereocenters. The number of benzene rings is 1. The lowest BCUT2D eigenvalue weighted by Crippen LogP contribution is -2.16. The van der Waals surface area contributed by atoms with E-state index < -0.39 is 0 Å². The Morgan fingerprint density at radius 3 is 2.59 bits per heavy atom. The summed E-state index contributed by atoms with van der Waals surface area (Å²) >= 11 is 0. The van der Waals surface area contributed by atoms with E-state index in [2.05, 4.69) is 44.3 Å². The fourth-order valence-electron chi connectivity index (χ4n) is 1.65. The Bertz CT molecular complexity index is 323. The molecule has 0 aromatic heterocycles. The van der Waals surface area contributed by atoms with Gasteiger partial charge in [-0.1, -0.05) is 13.0 Å². The van der Waals surface area contributed by atoms with Gasteiger partial charge < -0.3 is 10.1 Å². The highest BCUT2D eigenvalue weighted by Gasteiger charge is 1.97. The van der Waals surface area contributed by atoms with Crippen molar-refractivity contribution in [3.05, 3.63) is 29.3 Å². The van der Waals surface area contributed by atoms with E-state index in [1.165, 1.54) is 24.0 Å². The number of aryl methyl sites for hydroxylation is 2. The first-order valence-electron chi connectivity index (χ1n) is 6.65. The van der Waals surface area contributed by atoms with Gasteiger partial charge in [-0.25, -0.2) is 0 Å². The van der Waals surface area contributed by atoms with Crippen molar-refractivity contribution in [3.63, 3.8) is 0 Å². The molecule has 1 aromatic rings. The molecule has 0 unspecified atom stereocenters. The number of ether oxygens (including phenoxy) is 1. The van der Waals surface area contributed by atoms with E-state index in [0.717, 1.165) is 31.9 Å². The summed E-state index contributed by atoms with van der Waals surface area (Å²) in [7, 11) is 0. The lowest BCUT2D eigenvalue weighted by atomic mass is 10.1. The van der Waals surface area contributed by atoms with Crippen LogP contribution in [-0.4, -0.2) is 19.7 Å². The standard InChI is InChI=1S/C15H25NO/c1-4-9-16-10-5-6-11-17-15-8-7-13(2)14(3)12-15/h7-8,12,16H,4-6,9-11H2,1-3H3. The molecule has 1 rings (SSSR count). The number of nitrogens with one attached hydrogen (secondary N) is 1. The molecule has 0 heterocycles. The van der Waals surface area contributed by atoms with Crippen LogP contribution in [0, 0.1) is 13.8 Å². The predicted octanol–water partition coefficient (Wildman–Crippen LogP) is 3.46. The molecule has 0 fully saturated rings. The van der Waals surface area contributed by atoms with Crippen molar-refractivity contribution in [3.8, 4) is 5.75 Å². The fraction of sp³-hybridized carbons (Fsp3) is 0.600. The molecule has 0 radical (unpaired) electrons. The van der Waals surface area contributed by atoms with Gasteiger partial charge in [0.2, 0.25) is 0 Å². The van der Waals surface area contributed by atoms with Crippen molar-refractivity contribution in [1.82, 2.24) is 5.32 Å². The first kappa shape index (κ1) is 14.0.